The molecule has 1 fully saturated rings. The van der Waals surface area contributed by atoms with Gasteiger partial charge in [-0.2, -0.15) is 0 Å². The number of benzene rings is 1. The number of nitrogens with zero attached hydrogens (tertiary/aromatic N) is 4. The predicted octanol–water partition coefficient (Wildman–Crippen LogP) is 2.63. The molecule has 1 saturated heterocycles. The molecule has 7 heteroatoms. The fourth-order valence-corrected chi connectivity index (χ4v) is 3.09. The Morgan fingerprint density at radius 1 is 1.21 bits per heavy atom. The summed E-state index contributed by atoms with van der Waals surface area (Å²) < 4.78 is 11.2. The maximum atomic E-state index is 12.6. The summed E-state index contributed by atoms with van der Waals surface area (Å²) in [6, 6.07) is 7.58. The van der Waals surface area contributed by atoms with Crippen LogP contribution in [0.5, 0.6) is 11.6 Å². The SMILES string of the molecule is COc1ccc(/C=C/C(=O)N2CCCC(Oc3nccnc3N(C)C)C2)cc1. The number of rotatable bonds is 6. The van der Waals surface area contributed by atoms with E-state index in [-0.39, 0.29) is 12.0 Å². The summed E-state index contributed by atoms with van der Waals surface area (Å²) >= 11 is 0. The molecule has 0 N–H and O–H groups in total. The highest BCUT2D eigenvalue weighted by atomic mass is 16.5. The number of carbonyl (C=O) groups is 1. The Kier molecular flexibility index (Phi) is 6.47. The Balaban J connectivity index is 1.61. The Labute approximate surface area is 165 Å². The number of anilines is 1. The third-order valence-electron chi connectivity index (χ3n) is 4.57. The molecule has 1 aliphatic heterocycles. The molecule has 2 heterocycles. The first-order chi connectivity index (χ1) is 13.6. The number of carbonyl (C=O) groups excluding carboxylic acids is 1. The zero-order valence-electron chi connectivity index (χ0n) is 16.5. The lowest BCUT2D eigenvalue weighted by molar-refractivity contribution is -0.128. The van der Waals surface area contributed by atoms with Gasteiger partial charge in [-0.25, -0.2) is 9.97 Å². The van der Waals surface area contributed by atoms with Gasteiger partial charge in [0.1, 0.15) is 11.9 Å². The number of ether oxygens (including phenoxy) is 2. The Bertz CT molecular complexity index is 821. The van der Waals surface area contributed by atoms with Crippen molar-refractivity contribution in [1.82, 2.24) is 14.9 Å². The molecule has 0 spiro atoms. The minimum absolute atomic E-state index is 0.0175. The first kappa shape index (κ1) is 19.7. The van der Waals surface area contributed by atoms with Crippen molar-refractivity contribution in [1.29, 1.82) is 0 Å². The number of hydrogen-bond acceptors (Lipinski definition) is 6. The highest BCUT2D eigenvalue weighted by Crippen LogP contribution is 2.24. The molecule has 0 bridgehead atoms. The van der Waals surface area contributed by atoms with Gasteiger partial charge >= 0.3 is 0 Å². The molecule has 1 aromatic heterocycles. The number of aromatic nitrogens is 2. The summed E-state index contributed by atoms with van der Waals surface area (Å²) in [6.45, 7) is 1.27. The molecular formula is C21H26N4O3. The monoisotopic (exact) mass is 382 g/mol. The second-order valence-electron chi connectivity index (χ2n) is 6.85. The summed E-state index contributed by atoms with van der Waals surface area (Å²) in [4.78, 5) is 24.9. The molecule has 1 aromatic carbocycles. The molecule has 3 rings (SSSR count). The number of amides is 1. The fraction of sp³-hybridized carbons (Fsp3) is 0.381. The van der Waals surface area contributed by atoms with Gasteiger partial charge in [-0.3, -0.25) is 4.79 Å². The van der Waals surface area contributed by atoms with Gasteiger partial charge in [0.05, 0.1) is 13.7 Å². The molecule has 1 atom stereocenters. The van der Waals surface area contributed by atoms with E-state index in [4.69, 9.17) is 9.47 Å². The van der Waals surface area contributed by atoms with Crippen molar-refractivity contribution in [3.05, 3.63) is 48.3 Å². The van der Waals surface area contributed by atoms with Gasteiger partial charge in [0.2, 0.25) is 5.91 Å². The molecule has 148 valence electrons. The maximum absolute atomic E-state index is 12.6. The van der Waals surface area contributed by atoms with Gasteiger partial charge in [-0.1, -0.05) is 12.1 Å². The zero-order chi connectivity index (χ0) is 19.9. The molecular weight excluding hydrogens is 356 g/mol. The van der Waals surface area contributed by atoms with Crippen LogP contribution in [0.3, 0.4) is 0 Å². The minimum Gasteiger partial charge on any atom is -0.497 e. The largest absolute Gasteiger partial charge is 0.497 e. The minimum atomic E-state index is -0.0949. The molecule has 7 nitrogen and oxygen atoms in total. The Hall–Kier alpha value is -3.09. The molecule has 0 aliphatic carbocycles. The van der Waals surface area contributed by atoms with Crippen LogP contribution in [0.25, 0.3) is 6.08 Å². The van der Waals surface area contributed by atoms with Crippen molar-refractivity contribution in [3.8, 4) is 11.6 Å². The maximum Gasteiger partial charge on any atom is 0.257 e. The van der Waals surface area contributed by atoms with Crippen LogP contribution < -0.4 is 14.4 Å². The smallest absolute Gasteiger partial charge is 0.257 e. The third kappa shape index (κ3) is 5.00. The van der Waals surface area contributed by atoms with Crippen LogP contribution in [0, 0.1) is 0 Å². The van der Waals surface area contributed by atoms with Gasteiger partial charge in [0.25, 0.3) is 5.88 Å². The number of methoxy groups -OCH3 is 1. The average Bonchev–Trinajstić information content (AvgIpc) is 2.73. The summed E-state index contributed by atoms with van der Waals surface area (Å²) in [6.07, 6.45) is 8.37. The van der Waals surface area contributed by atoms with Crippen molar-refractivity contribution in [2.45, 2.75) is 18.9 Å². The van der Waals surface area contributed by atoms with Crippen molar-refractivity contribution < 1.29 is 14.3 Å². The lowest BCUT2D eigenvalue weighted by Crippen LogP contribution is -2.44. The summed E-state index contributed by atoms with van der Waals surface area (Å²) in [7, 11) is 5.43. The van der Waals surface area contributed by atoms with Crippen LogP contribution in [0.1, 0.15) is 18.4 Å². The van der Waals surface area contributed by atoms with E-state index in [0.717, 1.165) is 30.7 Å². The number of piperidine rings is 1. The van der Waals surface area contributed by atoms with E-state index in [0.29, 0.717) is 18.2 Å². The lowest BCUT2D eigenvalue weighted by Gasteiger charge is -2.32. The van der Waals surface area contributed by atoms with E-state index in [2.05, 4.69) is 9.97 Å². The van der Waals surface area contributed by atoms with Crippen molar-refractivity contribution in [2.75, 3.05) is 39.2 Å². The fourth-order valence-electron chi connectivity index (χ4n) is 3.09. The van der Waals surface area contributed by atoms with Crippen molar-refractivity contribution >= 4 is 17.8 Å². The molecule has 28 heavy (non-hydrogen) atoms. The van der Waals surface area contributed by atoms with Crippen LogP contribution in [0.15, 0.2) is 42.7 Å². The predicted molar refractivity (Wildman–Crippen MR) is 109 cm³/mol. The molecule has 1 amide bonds. The lowest BCUT2D eigenvalue weighted by atomic mass is 10.1. The topological polar surface area (TPSA) is 67.8 Å². The molecule has 2 aromatic rings. The van der Waals surface area contributed by atoms with E-state index >= 15 is 0 Å². The quantitative estimate of drug-likeness (QED) is 0.716. The normalized spacial score (nSPS) is 16.8. The molecule has 0 radical (unpaired) electrons. The van der Waals surface area contributed by atoms with Crippen LogP contribution in [-0.4, -0.2) is 61.2 Å². The average molecular weight is 382 g/mol. The zero-order valence-corrected chi connectivity index (χ0v) is 16.5. The van der Waals surface area contributed by atoms with Crippen LogP contribution in [0.4, 0.5) is 5.82 Å². The highest BCUT2D eigenvalue weighted by molar-refractivity contribution is 5.91. The number of likely N-dealkylation sites (tertiary alicyclic amines) is 1. The highest BCUT2D eigenvalue weighted by Gasteiger charge is 2.25. The van der Waals surface area contributed by atoms with E-state index in [9.17, 15) is 4.79 Å². The van der Waals surface area contributed by atoms with Crippen LogP contribution in [-0.2, 0) is 4.79 Å². The Morgan fingerprint density at radius 2 is 1.96 bits per heavy atom. The first-order valence-electron chi connectivity index (χ1n) is 9.33. The molecule has 1 aliphatic rings. The van der Waals surface area contributed by atoms with Gasteiger partial charge in [0, 0.05) is 39.1 Å². The van der Waals surface area contributed by atoms with Gasteiger partial charge in [0.15, 0.2) is 5.82 Å². The van der Waals surface area contributed by atoms with E-state index in [1.54, 1.807) is 25.6 Å². The first-order valence-corrected chi connectivity index (χ1v) is 9.33. The van der Waals surface area contributed by atoms with E-state index < -0.39 is 0 Å². The van der Waals surface area contributed by atoms with Gasteiger partial charge in [-0.05, 0) is 36.6 Å². The second-order valence-corrected chi connectivity index (χ2v) is 6.85. The summed E-state index contributed by atoms with van der Waals surface area (Å²) in [5.74, 6) is 1.96. The Morgan fingerprint density at radius 3 is 2.68 bits per heavy atom. The number of hydrogen-bond donors (Lipinski definition) is 0. The van der Waals surface area contributed by atoms with Crippen molar-refractivity contribution in [2.24, 2.45) is 0 Å². The van der Waals surface area contributed by atoms with Crippen LogP contribution in [0.2, 0.25) is 0 Å². The van der Waals surface area contributed by atoms with E-state index in [1.807, 2.05) is 54.2 Å². The standard InChI is InChI=1S/C21H26N4O3/c1-24(2)20-21(23-13-12-22-20)28-18-5-4-14-25(15-18)19(26)11-8-16-6-9-17(27-3)10-7-16/h6-13,18H,4-5,14-15H2,1-3H3/b11-8+. The summed E-state index contributed by atoms with van der Waals surface area (Å²) in [5.41, 5.74) is 0.953. The van der Waals surface area contributed by atoms with Gasteiger partial charge in [-0.15, -0.1) is 0 Å². The van der Waals surface area contributed by atoms with Crippen LogP contribution >= 0.6 is 0 Å². The molecule has 0 saturated carbocycles. The second kappa shape index (κ2) is 9.21. The summed E-state index contributed by atoms with van der Waals surface area (Å²) in [5, 5.41) is 0. The van der Waals surface area contributed by atoms with Gasteiger partial charge < -0.3 is 19.3 Å². The van der Waals surface area contributed by atoms with Crippen molar-refractivity contribution in [3.63, 3.8) is 0 Å². The third-order valence-corrected chi connectivity index (χ3v) is 4.57. The van der Waals surface area contributed by atoms with E-state index in [1.165, 1.54) is 0 Å². The molecule has 1 unspecified atom stereocenters.